The van der Waals surface area contributed by atoms with Gasteiger partial charge in [-0.1, -0.05) is 31.5 Å². The summed E-state index contributed by atoms with van der Waals surface area (Å²) in [6.45, 7) is 8.50. The maximum absolute atomic E-state index is 12.2. The van der Waals surface area contributed by atoms with E-state index in [1.165, 1.54) is 5.56 Å². The Bertz CT molecular complexity index is 1290. The van der Waals surface area contributed by atoms with Gasteiger partial charge in [0.15, 0.2) is 0 Å². The van der Waals surface area contributed by atoms with Gasteiger partial charge in [0, 0.05) is 54.0 Å². The number of aromatic nitrogens is 3. The molecular weight excluding hydrogens is 438 g/mol. The van der Waals surface area contributed by atoms with Gasteiger partial charge in [0.05, 0.1) is 17.8 Å². The van der Waals surface area contributed by atoms with E-state index in [9.17, 15) is 4.79 Å². The van der Waals surface area contributed by atoms with Crippen LogP contribution in [-0.2, 0) is 11.3 Å². The van der Waals surface area contributed by atoms with Crippen LogP contribution in [0.3, 0.4) is 0 Å². The third-order valence-electron chi connectivity index (χ3n) is 6.04. The first-order valence-corrected chi connectivity index (χ1v) is 11.7. The number of hydrogen-bond donors (Lipinski definition) is 2. The molecular formula is C25H28ClN5O2. The molecule has 3 heterocycles. The highest BCUT2D eigenvalue weighted by molar-refractivity contribution is 6.31. The molecule has 172 valence electrons. The van der Waals surface area contributed by atoms with Gasteiger partial charge in [-0.2, -0.15) is 5.10 Å². The Morgan fingerprint density at radius 3 is 2.70 bits per heavy atom. The number of aromatic amines is 2. The van der Waals surface area contributed by atoms with E-state index in [4.69, 9.17) is 16.3 Å². The minimum Gasteiger partial charge on any atom is -0.449 e. The Balaban J connectivity index is 1.26. The van der Waals surface area contributed by atoms with Gasteiger partial charge in [0.25, 0.3) is 0 Å². The van der Waals surface area contributed by atoms with E-state index < -0.39 is 0 Å². The van der Waals surface area contributed by atoms with Gasteiger partial charge in [0.2, 0.25) is 0 Å². The molecule has 1 saturated heterocycles. The number of halogens is 1. The summed E-state index contributed by atoms with van der Waals surface area (Å²) in [5.41, 5.74) is 5.12. The van der Waals surface area contributed by atoms with Crippen molar-refractivity contribution in [3.63, 3.8) is 0 Å². The van der Waals surface area contributed by atoms with Gasteiger partial charge in [-0.25, -0.2) is 4.79 Å². The largest absolute Gasteiger partial charge is 0.449 e. The molecule has 2 aromatic carbocycles. The number of piperazine rings is 1. The maximum atomic E-state index is 12.2. The molecule has 1 aliphatic heterocycles. The molecule has 1 fully saturated rings. The Morgan fingerprint density at radius 2 is 1.91 bits per heavy atom. The highest BCUT2D eigenvalue weighted by Gasteiger charge is 2.22. The molecule has 0 saturated carbocycles. The van der Waals surface area contributed by atoms with E-state index in [0.717, 1.165) is 52.8 Å². The van der Waals surface area contributed by atoms with Crippen molar-refractivity contribution in [1.29, 1.82) is 0 Å². The van der Waals surface area contributed by atoms with Crippen LogP contribution in [-0.4, -0.2) is 63.9 Å². The summed E-state index contributed by atoms with van der Waals surface area (Å²) < 4.78 is 5.36. The van der Waals surface area contributed by atoms with E-state index in [1.54, 1.807) is 0 Å². The quantitative estimate of drug-likeness (QED) is 0.420. The van der Waals surface area contributed by atoms with Crippen molar-refractivity contribution in [2.75, 3.05) is 32.8 Å². The van der Waals surface area contributed by atoms with Crippen molar-refractivity contribution in [2.24, 2.45) is 5.92 Å². The lowest BCUT2D eigenvalue weighted by molar-refractivity contribution is 0.0676. The lowest BCUT2D eigenvalue weighted by Gasteiger charge is -2.34. The van der Waals surface area contributed by atoms with Gasteiger partial charge in [-0.05, 0) is 47.9 Å². The molecule has 0 spiro atoms. The molecule has 7 nitrogen and oxygen atoms in total. The normalized spacial score (nSPS) is 15.1. The molecule has 0 atom stereocenters. The Morgan fingerprint density at radius 1 is 1.09 bits per heavy atom. The molecule has 33 heavy (non-hydrogen) atoms. The Labute approximate surface area is 197 Å². The lowest BCUT2D eigenvalue weighted by Crippen LogP contribution is -2.48. The first-order valence-electron chi connectivity index (χ1n) is 11.4. The van der Waals surface area contributed by atoms with E-state index in [1.807, 2.05) is 36.9 Å². The number of carbonyl (C=O) groups excluding carboxylic acids is 1. The Hall–Kier alpha value is -3.03. The average molecular weight is 466 g/mol. The number of nitrogens with one attached hydrogen (secondary N) is 2. The number of nitrogens with zero attached hydrogens (tertiary/aromatic N) is 3. The summed E-state index contributed by atoms with van der Waals surface area (Å²) in [6, 6.07) is 14.4. The fraction of sp³-hybridized carbons (Fsp3) is 0.360. The van der Waals surface area contributed by atoms with Crippen molar-refractivity contribution >= 4 is 39.5 Å². The Kier molecular flexibility index (Phi) is 6.00. The zero-order valence-corrected chi connectivity index (χ0v) is 19.7. The lowest BCUT2D eigenvalue weighted by atomic mass is 10.1. The van der Waals surface area contributed by atoms with Crippen LogP contribution in [0.1, 0.15) is 19.4 Å². The molecule has 1 aliphatic rings. The van der Waals surface area contributed by atoms with Crippen LogP contribution in [0.15, 0.2) is 42.5 Å². The highest BCUT2D eigenvalue weighted by atomic mass is 35.5. The predicted molar refractivity (Wildman–Crippen MR) is 131 cm³/mol. The zero-order chi connectivity index (χ0) is 22.9. The second-order valence-corrected chi connectivity index (χ2v) is 9.54. The molecule has 2 N–H and O–H groups in total. The number of rotatable bonds is 5. The van der Waals surface area contributed by atoms with Crippen molar-refractivity contribution in [3.8, 4) is 11.4 Å². The average Bonchev–Trinajstić information content (AvgIpc) is 3.41. The molecule has 5 rings (SSSR count). The smallest absolute Gasteiger partial charge is 0.409 e. The van der Waals surface area contributed by atoms with Crippen LogP contribution in [0.2, 0.25) is 5.02 Å². The second-order valence-electron chi connectivity index (χ2n) is 9.10. The molecule has 1 amide bonds. The topological polar surface area (TPSA) is 77.2 Å². The van der Waals surface area contributed by atoms with E-state index in [-0.39, 0.29) is 6.09 Å². The van der Waals surface area contributed by atoms with Crippen LogP contribution in [0, 0.1) is 5.92 Å². The van der Waals surface area contributed by atoms with Crippen molar-refractivity contribution < 1.29 is 9.53 Å². The van der Waals surface area contributed by atoms with Crippen LogP contribution in [0.25, 0.3) is 33.2 Å². The minimum absolute atomic E-state index is 0.196. The first kappa shape index (κ1) is 21.8. The number of amides is 1. The number of fused-ring (bicyclic) bond motifs is 2. The summed E-state index contributed by atoms with van der Waals surface area (Å²) in [6.07, 6.45) is -0.196. The molecule has 0 radical (unpaired) electrons. The number of H-pyrrole nitrogens is 2. The van der Waals surface area contributed by atoms with E-state index >= 15 is 0 Å². The highest BCUT2D eigenvalue weighted by Crippen LogP contribution is 2.30. The molecule has 8 heteroatoms. The summed E-state index contributed by atoms with van der Waals surface area (Å²) in [5, 5.41) is 10.4. The summed E-state index contributed by atoms with van der Waals surface area (Å²) in [4.78, 5) is 19.9. The number of hydrogen-bond acceptors (Lipinski definition) is 4. The third kappa shape index (κ3) is 4.70. The molecule has 0 bridgehead atoms. The monoisotopic (exact) mass is 465 g/mol. The van der Waals surface area contributed by atoms with Gasteiger partial charge in [-0.15, -0.1) is 0 Å². The SMILES string of the molecule is CC(C)COC(=O)N1CCN(Cc2ccc3[nH]c(-c4n[nH]c5cc(Cl)ccc45)cc3c2)CC1. The summed E-state index contributed by atoms with van der Waals surface area (Å²) in [7, 11) is 0. The number of carbonyl (C=O) groups is 1. The molecule has 4 aromatic rings. The van der Waals surface area contributed by atoms with Crippen LogP contribution in [0.4, 0.5) is 4.79 Å². The van der Waals surface area contributed by atoms with Crippen LogP contribution in [0.5, 0.6) is 0 Å². The maximum Gasteiger partial charge on any atom is 0.409 e. The fourth-order valence-electron chi connectivity index (χ4n) is 4.28. The van der Waals surface area contributed by atoms with E-state index in [2.05, 4.69) is 44.3 Å². The second kappa shape index (κ2) is 9.08. The minimum atomic E-state index is -0.196. The van der Waals surface area contributed by atoms with Crippen molar-refractivity contribution in [2.45, 2.75) is 20.4 Å². The first-order chi connectivity index (χ1) is 16.0. The van der Waals surface area contributed by atoms with Gasteiger partial charge < -0.3 is 14.6 Å². The number of benzene rings is 2. The third-order valence-corrected chi connectivity index (χ3v) is 6.28. The standard InChI is InChI=1S/C25H28ClN5O2/c1-16(2)15-33-25(32)31-9-7-30(8-10-31)14-17-3-6-21-18(11-17)12-23(27-21)24-20-5-4-19(26)13-22(20)28-29-24/h3-6,11-13,16,27H,7-10,14-15H2,1-2H3,(H,28,29). The summed E-state index contributed by atoms with van der Waals surface area (Å²) in [5.74, 6) is 0.351. The summed E-state index contributed by atoms with van der Waals surface area (Å²) >= 11 is 6.10. The molecule has 0 aliphatic carbocycles. The van der Waals surface area contributed by atoms with E-state index in [0.29, 0.717) is 30.6 Å². The van der Waals surface area contributed by atoms with Crippen LogP contribution < -0.4 is 0 Å². The zero-order valence-electron chi connectivity index (χ0n) is 18.9. The van der Waals surface area contributed by atoms with Crippen LogP contribution >= 0.6 is 11.6 Å². The number of ether oxygens (including phenoxy) is 1. The van der Waals surface area contributed by atoms with Gasteiger partial charge in [-0.3, -0.25) is 10.00 Å². The van der Waals surface area contributed by atoms with Crippen molar-refractivity contribution in [1.82, 2.24) is 25.0 Å². The van der Waals surface area contributed by atoms with Crippen molar-refractivity contribution in [3.05, 3.63) is 53.1 Å². The molecule has 2 aromatic heterocycles. The van der Waals surface area contributed by atoms with Gasteiger partial charge >= 0.3 is 6.09 Å². The van der Waals surface area contributed by atoms with Gasteiger partial charge in [0.1, 0.15) is 5.69 Å². The predicted octanol–water partition coefficient (Wildman–Crippen LogP) is 5.27. The fourth-order valence-corrected chi connectivity index (χ4v) is 4.45. The molecule has 0 unspecified atom stereocenters.